The maximum absolute atomic E-state index is 11.5. The lowest BCUT2D eigenvalue weighted by atomic mass is 9.93. The molecule has 0 saturated heterocycles. The summed E-state index contributed by atoms with van der Waals surface area (Å²) < 4.78 is 1.79. The summed E-state index contributed by atoms with van der Waals surface area (Å²) >= 11 is 0. The lowest BCUT2D eigenvalue weighted by molar-refractivity contribution is -0.115. The highest BCUT2D eigenvalue weighted by Crippen LogP contribution is 2.28. The minimum Gasteiger partial charge on any atom is -0.393 e. The first-order valence-corrected chi connectivity index (χ1v) is 9.64. The lowest BCUT2D eigenvalue weighted by Gasteiger charge is -2.26. The molecule has 0 radical (unpaired) electrons. The van der Waals surface area contributed by atoms with E-state index in [2.05, 4.69) is 26.0 Å². The van der Waals surface area contributed by atoms with Gasteiger partial charge in [0.2, 0.25) is 11.9 Å². The van der Waals surface area contributed by atoms with Crippen molar-refractivity contribution in [1.29, 1.82) is 0 Å². The minimum absolute atomic E-state index is 0.0175. The Kier molecular flexibility index (Phi) is 4.12. The SMILES string of the molecule is O=C1Cc2ccc(Nc3nc4cccc(NC5CCC(O)CC5)n4n3)cc2N1. The molecule has 1 fully saturated rings. The molecule has 1 aliphatic carbocycles. The van der Waals surface area contributed by atoms with Crippen LogP contribution in [0.15, 0.2) is 36.4 Å². The molecule has 4 N–H and O–H groups in total. The number of pyridine rings is 1. The summed E-state index contributed by atoms with van der Waals surface area (Å²) in [7, 11) is 0. The number of rotatable bonds is 4. The highest BCUT2D eigenvalue weighted by atomic mass is 16.3. The molecule has 5 rings (SSSR count). The van der Waals surface area contributed by atoms with Gasteiger partial charge in [0.05, 0.1) is 12.5 Å². The predicted octanol–water partition coefficient (Wildman–Crippen LogP) is 2.68. The Bertz CT molecular complexity index is 1040. The van der Waals surface area contributed by atoms with Gasteiger partial charge in [-0.2, -0.15) is 9.50 Å². The van der Waals surface area contributed by atoms with Crippen LogP contribution in [0.5, 0.6) is 0 Å². The molecule has 0 unspecified atom stereocenters. The molecule has 1 saturated carbocycles. The maximum Gasteiger partial charge on any atom is 0.247 e. The number of carbonyl (C=O) groups is 1. The van der Waals surface area contributed by atoms with E-state index in [4.69, 9.17) is 0 Å². The average Bonchev–Trinajstić information content (AvgIpc) is 3.26. The second-order valence-electron chi connectivity index (χ2n) is 7.49. The van der Waals surface area contributed by atoms with Crippen LogP contribution in [-0.4, -0.2) is 37.8 Å². The fourth-order valence-corrected chi connectivity index (χ4v) is 3.92. The van der Waals surface area contributed by atoms with Crippen molar-refractivity contribution in [2.24, 2.45) is 0 Å². The molecular formula is C20H22N6O2. The summed E-state index contributed by atoms with van der Waals surface area (Å²) in [5.74, 6) is 1.40. The van der Waals surface area contributed by atoms with Crippen LogP contribution in [0.1, 0.15) is 31.2 Å². The molecule has 2 aromatic heterocycles. The maximum atomic E-state index is 11.5. The third-order valence-electron chi connectivity index (χ3n) is 5.40. The Labute approximate surface area is 162 Å². The number of aromatic nitrogens is 3. The summed E-state index contributed by atoms with van der Waals surface area (Å²) in [6.07, 6.45) is 3.79. The van der Waals surface area contributed by atoms with Gasteiger partial charge in [-0.3, -0.25) is 4.79 Å². The summed E-state index contributed by atoms with van der Waals surface area (Å²) in [5.41, 5.74) is 3.41. The second-order valence-corrected chi connectivity index (χ2v) is 7.49. The van der Waals surface area contributed by atoms with Crippen LogP contribution in [0.3, 0.4) is 0 Å². The van der Waals surface area contributed by atoms with Crippen molar-refractivity contribution in [2.75, 3.05) is 16.0 Å². The quantitative estimate of drug-likeness (QED) is 0.557. The van der Waals surface area contributed by atoms with Crippen molar-refractivity contribution in [3.8, 4) is 0 Å². The Morgan fingerprint density at radius 2 is 2.00 bits per heavy atom. The fourth-order valence-electron chi connectivity index (χ4n) is 3.92. The van der Waals surface area contributed by atoms with E-state index in [1.807, 2.05) is 36.4 Å². The Balaban J connectivity index is 1.37. The zero-order valence-corrected chi connectivity index (χ0v) is 15.4. The zero-order valence-electron chi connectivity index (χ0n) is 15.4. The number of fused-ring (bicyclic) bond motifs is 2. The van der Waals surface area contributed by atoms with Gasteiger partial charge in [0.25, 0.3) is 0 Å². The number of amides is 1. The van der Waals surface area contributed by atoms with Gasteiger partial charge in [-0.05, 0) is 55.5 Å². The number of hydrogen-bond donors (Lipinski definition) is 4. The monoisotopic (exact) mass is 378 g/mol. The molecule has 144 valence electrons. The molecule has 2 aliphatic rings. The van der Waals surface area contributed by atoms with E-state index in [9.17, 15) is 9.90 Å². The number of nitrogens with zero attached hydrogens (tertiary/aromatic N) is 3. The number of aliphatic hydroxyl groups is 1. The summed E-state index contributed by atoms with van der Waals surface area (Å²) in [6, 6.07) is 12.0. The van der Waals surface area contributed by atoms with E-state index in [0.717, 1.165) is 54.1 Å². The van der Waals surface area contributed by atoms with Crippen molar-refractivity contribution in [3.63, 3.8) is 0 Å². The Hall–Kier alpha value is -3.13. The fraction of sp³-hybridized carbons (Fsp3) is 0.350. The molecule has 8 heteroatoms. The third kappa shape index (κ3) is 3.27. The Morgan fingerprint density at radius 3 is 2.86 bits per heavy atom. The molecule has 0 bridgehead atoms. The highest BCUT2D eigenvalue weighted by Gasteiger charge is 2.20. The average molecular weight is 378 g/mol. The molecule has 1 amide bonds. The van der Waals surface area contributed by atoms with E-state index in [1.165, 1.54) is 0 Å². The van der Waals surface area contributed by atoms with Crippen LogP contribution in [0, 0.1) is 0 Å². The third-order valence-corrected chi connectivity index (χ3v) is 5.40. The van der Waals surface area contributed by atoms with Crippen molar-refractivity contribution in [3.05, 3.63) is 42.0 Å². The topological polar surface area (TPSA) is 104 Å². The van der Waals surface area contributed by atoms with E-state index >= 15 is 0 Å². The predicted molar refractivity (Wildman–Crippen MR) is 107 cm³/mol. The summed E-state index contributed by atoms with van der Waals surface area (Å²) in [5, 5.41) is 23.9. The lowest BCUT2D eigenvalue weighted by Crippen LogP contribution is -2.29. The van der Waals surface area contributed by atoms with E-state index < -0.39 is 0 Å². The van der Waals surface area contributed by atoms with Gasteiger partial charge >= 0.3 is 0 Å². The molecule has 1 aromatic carbocycles. The molecular weight excluding hydrogens is 356 g/mol. The molecule has 8 nitrogen and oxygen atoms in total. The van der Waals surface area contributed by atoms with Crippen LogP contribution >= 0.6 is 0 Å². The first kappa shape index (κ1) is 17.0. The van der Waals surface area contributed by atoms with Crippen molar-refractivity contribution >= 4 is 34.7 Å². The van der Waals surface area contributed by atoms with Crippen molar-refractivity contribution in [2.45, 2.75) is 44.2 Å². The van der Waals surface area contributed by atoms with Gasteiger partial charge in [-0.25, -0.2) is 0 Å². The van der Waals surface area contributed by atoms with Gasteiger partial charge in [0.15, 0.2) is 5.65 Å². The van der Waals surface area contributed by atoms with Gasteiger partial charge < -0.3 is 21.1 Å². The van der Waals surface area contributed by atoms with Gasteiger partial charge in [0.1, 0.15) is 5.82 Å². The number of nitrogens with one attached hydrogen (secondary N) is 3. The molecule has 3 heterocycles. The van der Waals surface area contributed by atoms with Crippen molar-refractivity contribution < 1.29 is 9.90 Å². The Morgan fingerprint density at radius 1 is 1.14 bits per heavy atom. The number of carbonyl (C=O) groups excluding carboxylic acids is 1. The number of aliphatic hydroxyl groups excluding tert-OH is 1. The molecule has 3 aromatic rings. The zero-order chi connectivity index (χ0) is 19.1. The van der Waals surface area contributed by atoms with Crippen LogP contribution in [0.25, 0.3) is 5.65 Å². The van der Waals surface area contributed by atoms with E-state index in [1.54, 1.807) is 4.52 Å². The van der Waals surface area contributed by atoms with Gasteiger partial charge in [-0.1, -0.05) is 12.1 Å². The summed E-state index contributed by atoms with van der Waals surface area (Å²) in [6.45, 7) is 0. The van der Waals surface area contributed by atoms with Gasteiger partial charge in [0, 0.05) is 17.4 Å². The summed E-state index contributed by atoms with van der Waals surface area (Å²) in [4.78, 5) is 16.1. The number of hydrogen-bond acceptors (Lipinski definition) is 6. The molecule has 0 atom stereocenters. The highest BCUT2D eigenvalue weighted by molar-refractivity contribution is 5.99. The van der Waals surface area contributed by atoms with Crippen LogP contribution in [-0.2, 0) is 11.2 Å². The minimum atomic E-state index is -0.173. The molecule has 1 aliphatic heterocycles. The normalized spacial score (nSPS) is 21.4. The van der Waals surface area contributed by atoms with Crippen LogP contribution in [0.2, 0.25) is 0 Å². The smallest absolute Gasteiger partial charge is 0.247 e. The second kappa shape index (κ2) is 6.79. The molecule has 28 heavy (non-hydrogen) atoms. The van der Waals surface area contributed by atoms with E-state index in [-0.39, 0.29) is 12.0 Å². The molecule has 0 spiro atoms. The first-order valence-electron chi connectivity index (χ1n) is 9.64. The number of benzene rings is 1. The van der Waals surface area contributed by atoms with Crippen LogP contribution in [0.4, 0.5) is 23.1 Å². The standard InChI is InChI=1S/C20H22N6O2/c27-15-8-6-13(7-9-15)21-17-2-1-3-18-24-20(25-26(17)18)22-14-5-4-12-10-19(28)23-16(12)11-14/h1-5,11,13,15,21,27H,6-10H2,(H,22,25)(H,23,28). The van der Waals surface area contributed by atoms with Crippen molar-refractivity contribution in [1.82, 2.24) is 14.6 Å². The number of anilines is 4. The van der Waals surface area contributed by atoms with Gasteiger partial charge in [-0.15, -0.1) is 5.10 Å². The largest absolute Gasteiger partial charge is 0.393 e. The van der Waals surface area contributed by atoms with E-state index in [0.29, 0.717) is 18.4 Å². The first-order chi connectivity index (χ1) is 13.6. The van der Waals surface area contributed by atoms with Crippen LogP contribution < -0.4 is 16.0 Å².